The van der Waals surface area contributed by atoms with Crippen molar-refractivity contribution in [2.75, 3.05) is 21.3 Å². The largest absolute Gasteiger partial charge is 0.496 e. The van der Waals surface area contributed by atoms with Crippen LogP contribution < -0.4 is 10.1 Å². The Morgan fingerprint density at radius 1 is 1.28 bits per heavy atom. The van der Waals surface area contributed by atoms with E-state index < -0.39 is 5.97 Å². The van der Waals surface area contributed by atoms with Gasteiger partial charge in [0.15, 0.2) is 0 Å². The number of nitrogens with one attached hydrogen (secondary N) is 1. The van der Waals surface area contributed by atoms with Gasteiger partial charge in [-0.05, 0) is 23.8 Å². The maximum Gasteiger partial charge on any atom is 0.330 e. The van der Waals surface area contributed by atoms with Crippen molar-refractivity contribution in [2.24, 2.45) is 0 Å². The molecule has 0 aromatic heterocycles. The van der Waals surface area contributed by atoms with Crippen molar-refractivity contribution in [3.8, 4) is 5.75 Å². The summed E-state index contributed by atoms with van der Waals surface area (Å²) in [5.41, 5.74) is 1.18. The third-order valence-corrected chi connectivity index (χ3v) is 2.31. The first-order valence-corrected chi connectivity index (χ1v) is 5.28. The molecule has 18 heavy (non-hydrogen) atoms. The first kappa shape index (κ1) is 13.8. The predicted octanol–water partition coefficient (Wildman–Crippen LogP) is 1.24. The lowest BCUT2D eigenvalue weighted by Crippen LogP contribution is -2.18. The number of rotatable bonds is 4. The van der Waals surface area contributed by atoms with E-state index in [1.54, 1.807) is 31.3 Å². The van der Waals surface area contributed by atoms with Gasteiger partial charge in [-0.25, -0.2) is 4.79 Å². The molecular weight excluding hydrogens is 234 g/mol. The molecule has 0 fully saturated rings. The summed E-state index contributed by atoms with van der Waals surface area (Å²) in [6, 6.07) is 5.02. The Morgan fingerprint density at radius 2 is 2.00 bits per heavy atom. The molecular formula is C13H15NO4. The first-order chi connectivity index (χ1) is 8.62. The minimum Gasteiger partial charge on any atom is -0.496 e. The lowest BCUT2D eigenvalue weighted by atomic mass is 10.1. The number of hydrogen-bond acceptors (Lipinski definition) is 4. The van der Waals surface area contributed by atoms with Gasteiger partial charge in [0.1, 0.15) is 5.75 Å². The van der Waals surface area contributed by atoms with Crippen LogP contribution in [-0.4, -0.2) is 33.1 Å². The van der Waals surface area contributed by atoms with Gasteiger partial charge in [0.2, 0.25) is 0 Å². The monoisotopic (exact) mass is 249 g/mol. The van der Waals surface area contributed by atoms with Crippen LogP contribution in [0.2, 0.25) is 0 Å². The maximum absolute atomic E-state index is 11.5. The van der Waals surface area contributed by atoms with Gasteiger partial charge in [-0.2, -0.15) is 0 Å². The van der Waals surface area contributed by atoms with E-state index in [4.69, 9.17) is 4.74 Å². The summed E-state index contributed by atoms with van der Waals surface area (Å²) in [4.78, 5) is 22.5. The van der Waals surface area contributed by atoms with Gasteiger partial charge in [-0.1, -0.05) is 6.07 Å². The highest BCUT2D eigenvalue weighted by Crippen LogP contribution is 2.20. The van der Waals surface area contributed by atoms with Gasteiger partial charge < -0.3 is 14.8 Å². The number of methoxy groups -OCH3 is 2. The lowest BCUT2D eigenvalue weighted by Gasteiger charge is -2.07. The van der Waals surface area contributed by atoms with Crippen molar-refractivity contribution >= 4 is 18.0 Å². The minimum atomic E-state index is -0.440. The smallest absolute Gasteiger partial charge is 0.330 e. The van der Waals surface area contributed by atoms with E-state index in [9.17, 15) is 9.59 Å². The quantitative estimate of drug-likeness (QED) is 0.644. The third-order valence-electron chi connectivity index (χ3n) is 2.31. The molecule has 1 amide bonds. The number of carbonyl (C=O) groups excluding carboxylic acids is 2. The Labute approximate surface area is 105 Å². The van der Waals surface area contributed by atoms with Gasteiger partial charge in [0.05, 0.1) is 19.8 Å². The van der Waals surface area contributed by atoms with E-state index in [-0.39, 0.29) is 5.91 Å². The molecule has 0 aliphatic carbocycles. The van der Waals surface area contributed by atoms with E-state index in [0.717, 1.165) is 5.56 Å². The van der Waals surface area contributed by atoms with Crippen molar-refractivity contribution in [1.29, 1.82) is 0 Å². The summed E-state index contributed by atoms with van der Waals surface area (Å²) in [7, 11) is 4.34. The molecule has 1 aromatic carbocycles. The maximum atomic E-state index is 11.5. The van der Waals surface area contributed by atoms with Gasteiger partial charge >= 0.3 is 5.97 Å². The molecule has 0 aliphatic heterocycles. The highest BCUT2D eigenvalue weighted by atomic mass is 16.5. The molecule has 1 aromatic rings. The molecule has 0 atom stereocenters. The van der Waals surface area contributed by atoms with Crippen molar-refractivity contribution < 1.29 is 19.1 Å². The van der Waals surface area contributed by atoms with Crippen LogP contribution in [0.15, 0.2) is 24.3 Å². The summed E-state index contributed by atoms with van der Waals surface area (Å²) >= 11 is 0. The van der Waals surface area contributed by atoms with Gasteiger partial charge in [-0.3, -0.25) is 4.79 Å². The number of hydrogen-bond donors (Lipinski definition) is 1. The molecule has 1 N–H and O–H groups in total. The highest BCUT2D eigenvalue weighted by Gasteiger charge is 2.10. The summed E-state index contributed by atoms with van der Waals surface area (Å²) < 4.78 is 9.62. The Morgan fingerprint density at radius 3 is 2.56 bits per heavy atom. The average molecular weight is 249 g/mol. The molecule has 0 saturated heterocycles. The van der Waals surface area contributed by atoms with Crippen molar-refractivity contribution in [1.82, 2.24) is 5.32 Å². The van der Waals surface area contributed by atoms with Crippen LogP contribution in [0.25, 0.3) is 6.08 Å². The number of carbonyl (C=O) groups is 2. The summed E-state index contributed by atoms with van der Waals surface area (Å²) in [5, 5.41) is 2.52. The predicted molar refractivity (Wildman–Crippen MR) is 67.4 cm³/mol. The second-order valence-corrected chi connectivity index (χ2v) is 3.40. The van der Waals surface area contributed by atoms with E-state index in [0.29, 0.717) is 11.3 Å². The molecule has 0 bridgehead atoms. The van der Waals surface area contributed by atoms with Crippen molar-refractivity contribution in [3.05, 3.63) is 35.4 Å². The standard InChI is InChI=1S/C13H15NO4/c1-14-13(16)10-6-4-9(8-11(10)17-2)5-7-12(15)18-3/h4-8H,1-3H3,(H,14,16)/b7-5+. The fourth-order valence-corrected chi connectivity index (χ4v) is 1.37. The first-order valence-electron chi connectivity index (χ1n) is 5.28. The number of benzene rings is 1. The average Bonchev–Trinajstić information content (AvgIpc) is 2.43. The normalized spacial score (nSPS) is 10.2. The van der Waals surface area contributed by atoms with Gasteiger partial charge in [0.25, 0.3) is 5.91 Å². The van der Waals surface area contributed by atoms with Crippen LogP contribution >= 0.6 is 0 Å². The van der Waals surface area contributed by atoms with Gasteiger partial charge in [-0.15, -0.1) is 0 Å². The molecule has 0 heterocycles. The molecule has 0 radical (unpaired) electrons. The summed E-state index contributed by atoms with van der Waals surface area (Å²) in [6.07, 6.45) is 2.89. The molecule has 1 rings (SSSR count). The molecule has 5 heteroatoms. The number of amides is 1. The van der Waals surface area contributed by atoms with E-state index >= 15 is 0 Å². The molecule has 96 valence electrons. The van der Waals surface area contributed by atoms with Crippen LogP contribution in [0.4, 0.5) is 0 Å². The molecule has 0 unspecified atom stereocenters. The molecule has 5 nitrogen and oxygen atoms in total. The zero-order chi connectivity index (χ0) is 13.5. The van der Waals surface area contributed by atoms with Crippen LogP contribution in [-0.2, 0) is 9.53 Å². The molecule has 0 aliphatic rings. The SMILES string of the molecule is CNC(=O)c1ccc(/C=C/C(=O)OC)cc1OC. The zero-order valence-electron chi connectivity index (χ0n) is 10.5. The fourth-order valence-electron chi connectivity index (χ4n) is 1.37. The molecule has 0 saturated carbocycles. The van der Waals surface area contributed by atoms with E-state index in [2.05, 4.69) is 10.1 Å². The summed E-state index contributed by atoms with van der Waals surface area (Å²) in [5.74, 6) is -0.221. The fraction of sp³-hybridized carbons (Fsp3) is 0.231. The van der Waals surface area contributed by atoms with Crippen LogP contribution in [0, 0.1) is 0 Å². The zero-order valence-corrected chi connectivity index (χ0v) is 10.5. The van der Waals surface area contributed by atoms with E-state index in [1.807, 2.05) is 0 Å². The second-order valence-electron chi connectivity index (χ2n) is 3.40. The summed E-state index contributed by atoms with van der Waals surface area (Å²) in [6.45, 7) is 0. The van der Waals surface area contributed by atoms with Crippen molar-refractivity contribution in [2.45, 2.75) is 0 Å². The van der Waals surface area contributed by atoms with Crippen LogP contribution in [0.3, 0.4) is 0 Å². The third kappa shape index (κ3) is 3.35. The van der Waals surface area contributed by atoms with Crippen molar-refractivity contribution in [3.63, 3.8) is 0 Å². The second kappa shape index (κ2) is 6.44. The number of ether oxygens (including phenoxy) is 2. The Bertz CT molecular complexity index is 480. The topological polar surface area (TPSA) is 64.6 Å². The minimum absolute atomic E-state index is 0.227. The Hall–Kier alpha value is -2.30. The van der Waals surface area contributed by atoms with Crippen LogP contribution in [0.1, 0.15) is 15.9 Å². The van der Waals surface area contributed by atoms with Crippen LogP contribution in [0.5, 0.6) is 5.75 Å². The Kier molecular flexibility index (Phi) is 4.92. The Balaban J connectivity index is 3.02. The van der Waals surface area contributed by atoms with Gasteiger partial charge in [0, 0.05) is 13.1 Å². The number of esters is 1. The highest BCUT2D eigenvalue weighted by molar-refractivity contribution is 5.97. The lowest BCUT2D eigenvalue weighted by molar-refractivity contribution is -0.134. The van der Waals surface area contributed by atoms with E-state index in [1.165, 1.54) is 20.3 Å². The molecule has 0 spiro atoms.